The maximum absolute atomic E-state index is 6.43. The van der Waals surface area contributed by atoms with Crippen LogP contribution in [0.15, 0.2) is 19.7 Å². The third-order valence-electron chi connectivity index (χ3n) is 2.73. The lowest BCUT2D eigenvalue weighted by Crippen LogP contribution is -2.21. The number of aryl methyl sites for hydroxylation is 1. The summed E-state index contributed by atoms with van der Waals surface area (Å²) in [6.07, 6.45) is 1.10. The van der Waals surface area contributed by atoms with Crippen LogP contribution in [0.3, 0.4) is 0 Å². The molecule has 0 aliphatic carbocycles. The first-order valence-corrected chi connectivity index (χ1v) is 9.62. The Morgan fingerprint density at radius 3 is 2.63 bits per heavy atom. The first-order valence-electron chi connectivity index (χ1n) is 5.96. The molecule has 0 bridgehead atoms. The lowest BCUT2D eigenvalue weighted by molar-refractivity contribution is 0.613. The highest BCUT2D eigenvalue weighted by Gasteiger charge is 2.22. The highest BCUT2D eigenvalue weighted by Crippen LogP contribution is 2.41. The SMILES string of the molecule is CCCNC(c1cc(Br)c(Br)s1)c1scc(C)c1Cl. The summed E-state index contributed by atoms with van der Waals surface area (Å²) in [5, 5.41) is 6.60. The second-order valence-electron chi connectivity index (χ2n) is 4.25. The highest BCUT2D eigenvalue weighted by molar-refractivity contribution is 9.13. The fourth-order valence-corrected chi connectivity index (χ4v) is 5.41. The second kappa shape index (κ2) is 7.05. The van der Waals surface area contributed by atoms with Crippen molar-refractivity contribution in [1.82, 2.24) is 5.32 Å². The van der Waals surface area contributed by atoms with E-state index in [1.807, 2.05) is 0 Å². The molecule has 0 aliphatic rings. The van der Waals surface area contributed by atoms with Crippen LogP contribution in [0.4, 0.5) is 0 Å². The molecule has 104 valence electrons. The summed E-state index contributed by atoms with van der Waals surface area (Å²) in [7, 11) is 0. The van der Waals surface area contributed by atoms with Gasteiger partial charge in [-0.15, -0.1) is 22.7 Å². The Hall–Kier alpha value is 0.610. The van der Waals surface area contributed by atoms with Crippen LogP contribution in [0.5, 0.6) is 0 Å². The largest absolute Gasteiger partial charge is 0.305 e. The standard InChI is InChI=1S/C13H14Br2ClNS2/c1-3-4-17-11(9-5-8(14)13(15)19-9)12-10(16)7(2)6-18-12/h5-6,11,17H,3-4H2,1-2H3. The summed E-state index contributed by atoms with van der Waals surface area (Å²) in [6.45, 7) is 5.20. The van der Waals surface area contributed by atoms with Crippen LogP contribution in [-0.2, 0) is 0 Å². The van der Waals surface area contributed by atoms with E-state index in [4.69, 9.17) is 11.6 Å². The minimum atomic E-state index is 0.179. The molecule has 1 N–H and O–H groups in total. The lowest BCUT2D eigenvalue weighted by Gasteiger charge is -2.16. The summed E-state index contributed by atoms with van der Waals surface area (Å²) < 4.78 is 2.22. The molecule has 1 nitrogen and oxygen atoms in total. The Labute approximate surface area is 143 Å². The molecule has 0 spiro atoms. The average molecular weight is 444 g/mol. The molecular weight excluding hydrogens is 430 g/mol. The molecular formula is C13H14Br2ClNS2. The third-order valence-corrected chi connectivity index (χ3v) is 7.83. The molecule has 19 heavy (non-hydrogen) atoms. The van der Waals surface area contributed by atoms with Gasteiger partial charge in [0.1, 0.15) is 0 Å². The van der Waals surface area contributed by atoms with Gasteiger partial charge in [-0.3, -0.25) is 0 Å². The molecule has 0 saturated heterocycles. The molecule has 1 unspecified atom stereocenters. The molecule has 6 heteroatoms. The Balaban J connectivity index is 2.38. The molecule has 0 fully saturated rings. The minimum absolute atomic E-state index is 0.179. The third kappa shape index (κ3) is 3.63. The molecule has 2 aromatic heterocycles. The second-order valence-corrected chi connectivity index (χ2v) is 8.80. The molecule has 0 aromatic carbocycles. The molecule has 0 aliphatic heterocycles. The maximum Gasteiger partial charge on any atom is 0.0843 e. The van der Waals surface area contributed by atoms with Crippen molar-refractivity contribution in [2.45, 2.75) is 26.3 Å². The predicted molar refractivity (Wildman–Crippen MR) is 93.9 cm³/mol. The van der Waals surface area contributed by atoms with E-state index in [1.54, 1.807) is 22.7 Å². The van der Waals surface area contributed by atoms with E-state index in [1.165, 1.54) is 9.75 Å². The minimum Gasteiger partial charge on any atom is -0.305 e. The van der Waals surface area contributed by atoms with Crippen molar-refractivity contribution in [3.8, 4) is 0 Å². The van der Waals surface area contributed by atoms with Gasteiger partial charge in [-0.2, -0.15) is 0 Å². The smallest absolute Gasteiger partial charge is 0.0843 e. The van der Waals surface area contributed by atoms with E-state index < -0.39 is 0 Å². The monoisotopic (exact) mass is 441 g/mol. The van der Waals surface area contributed by atoms with Crippen LogP contribution in [0.1, 0.15) is 34.7 Å². The van der Waals surface area contributed by atoms with Crippen molar-refractivity contribution in [3.05, 3.63) is 40.0 Å². The first-order chi connectivity index (χ1) is 9.04. The van der Waals surface area contributed by atoms with Crippen molar-refractivity contribution in [3.63, 3.8) is 0 Å². The summed E-state index contributed by atoms with van der Waals surface area (Å²) in [4.78, 5) is 2.48. The van der Waals surface area contributed by atoms with Crippen molar-refractivity contribution in [2.75, 3.05) is 6.54 Å². The molecule has 2 aromatic rings. The van der Waals surface area contributed by atoms with Crippen molar-refractivity contribution < 1.29 is 0 Å². The van der Waals surface area contributed by atoms with Gasteiger partial charge in [-0.25, -0.2) is 0 Å². The summed E-state index contributed by atoms with van der Waals surface area (Å²) in [5.41, 5.74) is 1.15. The van der Waals surface area contributed by atoms with Gasteiger partial charge in [0.15, 0.2) is 0 Å². The molecule has 0 saturated carbocycles. The number of hydrogen-bond donors (Lipinski definition) is 1. The van der Waals surface area contributed by atoms with E-state index >= 15 is 0 Å². The topological polar surface area (TPSA) is 12.0 Å². The van der Waals surface area contributed by atoms with E-state index in [2.05, 4.69) is 62.5 Å². The number of halogens is 3. The number of hydrogen-bond acceptors (Lipinski definition) is 3. The summed E-state index contributed by atoms with van der Waals surface area (Å²) in [5.74, 6) is 0. The quantitative estimate of drug-likeness (QED) is 0.565. The number of nitrogens with one attached hydrogen (secondary N) is 1. The van der Waals surface area contributed by atoms with Gasteiger partial charge in [-0.1, -0.05) is 18.5 Å². The number of rotatable bonds is 5. The zero-order chi connectivity index (χ0) is 14.0. The van der Waals surface area contributed by atoms with Gasteiger partial charge in [-0.05, 0) is 68.8 Å². The number of thiophene rings is 2. The van der Waals surface area contributed by atoms with Gasteiger partial charge in [0.2, 0.25) is 0 Å². The van der Waals surface area contributed by atoms with Gasteiger partial charge in [0.25, 0.3) is 0 Å². The van der Waals surface area contributed by atoms with E-state index in [9.17, 15) is 0 Å². The van der Waals surface area contributed by atoms with Crippen molar-refractivity contribution >= 4 is 66.1 Å². The first kappa shape index (κ1) is 16.0. The van der Waals surface area contributed by atoms with Gasteiger partial charge in [0, 0.05) is 14.2 Å². The van der Waals surface area contributed by atoms with Crippen LogP contribution < -0.4 is 5.32 Å². The van der Waals surface area contributed by atoms with Gasteiger partial charge >= 0.3 is 0 Å². The van der Waals surface area contributed by atoms with Crippen molar-refractivity contribution in [2.24, 2.45) is 0 Å². The van der Waals surface area contributed by atoms with E-state index in [0.29, 0.717) is 0 Å². The van der Waals surface area contributed by atoms with Crippen molar-refractivity contribution in [1.29, 1.82) is 0 Å². The van der Waals surface area contributed by atoms with Crippen LogP contribution in [0.2, 0.25) is 5.02 Å². The molecule has 0 radical (unpaired) electrons. The Bertz CT molecular complexity index is 545. The zero-order valence-corrected chi connectivity index (χ0v) is 16.2. The molecule has 1 atom stereocenters. The molecule has 0 amide bonds. The Morgan fingerprint density at radius 2 is 2.16 bits per heavy atom. The van der Waals surface area contributed by atoms with Crippen LogP contribution in [0.25, 0.3) is 0 Å². The zero-order valence-electron chi connectivity index (χ0n) is 10.6. The predicted octanol–water partition coefficient (Wildman–Crippen LogP) is 6.39. The summed E-state index contributed by atoms with van der Waals surface area (Å²) in [6, 6.07) is 2.34. The van der Waals surface area contributed by atoms with Crippen LogP contribution >= 0.6 is 66.1 Å². The van der Waals surface area contributed by atoms with Gasteiger partial charge in [0.05, 0.1) is 14.9 Å². The lowest BCUT2D eigenvalue weighted by atomic mass is 10.1. The fraction of sp³-hybridized carbons (Fsp3) is 0.385. The van der Waals surface area contributed by atoms with E-state index in [-0.39, 0.29) is 6.04 Å². The van der Waals surface area contributed by atoms with E-state index in [0.717, 1.165) is 31.8 Å². The highest BCUT2D eigenvalue weighted by atomic mass is 79.9. The van der Waals surface area contributed by atoms with Crippen LogP contribution in [0, 0.1) is 6.92 Å². The Kier molecular flexibility index (Phi) is 5.93. The average Bonchev–Trinajstić information content (AvgIpc) is 2.87. The van der Waals surface area contributed by atoms with Gasteiger partial charge < -0.3 is 5.32 Å². The summed E-state index contributed by atoms with van der Waals surface area (Å²) >= 11 is 17.0. The fourth-order valence-electron chi connectivity index (χ4n) is 1.76. The Morgan fingerprint density at radius 1 is 1.42 bits per heavy atom. The molecule has 2 rings (SSSR count). The molecule has 2 heterocycles. The van der Waals surface area contributed by atoms with Crippen LogP contribution in [-0.4, -0.2) is 6.54 Å². The normalized spacial score (nSPS) is 12.9. The maximum atomic E-state index is 6.43.